The summed E-state index contributed by atoms with van der Waals surface area (Å²) in [4.78, 5) is 15.9. The van der Waals surface area contributed by atoms with Crippen LogP contribution in [0, 0.1) is 11.7 Å². The second-order valence-electron chi connectivity index (χ2n) is 5.23. The summed E-state index contributed by atoms with van der Waals surface area (Å²) in [6.45, 7) is 0. The van der Waals surface area contributed by atoms with Gasteiger partial charge in [0.05, 0.1) is 24.0 Å². The third-order valence-corrected chi connectivity index (χ3v) is 3.81. The van der Waals surface area contributed by atoms with Crippen molar-refractivity contribution in [1.82, 2.24) is 9.55 Å². The molecule has 1 aliphatic carbocycles. The van der Waals surface area contributed by atoms with Gasteiger partial charge in [0.2, 0.25) is 5.91 Å². The van der Waals surface area contributed by atoms with E-state index in [2.05, 4.69) is 10.3 Å². The van der Waals surface area contributed by atoms with Crippen LogP contribution in [0.1, 0.15) is 19.3 Å². The molecule has 1 aromatic heterocycles. The second-order valence-corrected chi connectivity index (χ2v) is 5.23. The van der Waals surface area contributed by atoms with Crippen molar-refractivity contribution in [2.75, 3.05) is 5.32 Å². The molecular formula is C15H16FN3O2. The van der Waals surface area contributed by atoms with Crippen LogP contribution in [0.5, 0.6) is 0 Å². The molecule has 0 spiro atoms. The lowest BCUT2D eigenvalue weighted by atomic mass is 10.1. The number of hydrogen-bond donors (Lipinski definition) is 2. The highest BCUT2D eigenvalue weighted by atomic mass is 19.1. The summed E-state index contributed by atoms with van der Waals surface area (Å²) in [6, 6.07) is 4.49. The zero-order valence-electron chi connectivity index (χ0n) is 11.4. The van der Waals surface area contributed by atoms with Gasteiger partial charge < -0.3 is 15.0 Å². The number of aliphatic hydroxyl groups excluding tert-OH is 1. The molecule has 1 heterocycles. The van der Waals surface area contributed by atoms with Crippen molar-refractivity contribution in [3.05, 3.63) is 42.7 Å². The number of halogens is 1. The molecular weight excluding hydrogens is 273 g/mol. The first-order valence-corrected chi connectivity index (χ1v) is 6.92. The lowest BCUT2D eigenvalue weighted by Gasteiger charge is -2.15. The van der Waals surface area contributed by atoms with Crippen molar-refractivity contribution >= 4 is 11.6 Å². The normalized spacial score (nSPS) is 21.4. The van der Waals surface area contributed by atoms with Crippen LogP contribution in [-0.2, 0) is 4.79 Å². The quantitative estimate of drug-likeness (QED) is 0.909. The van der Waals surface area contributed by atoms with Crippen molar-refractivity contribution < 1.29 is 14.3 Å². The standard InChI is InChI=1S/C15H16FN3O2/c16-12-8-10(4-5-13(12)19-7-6-17-9-19)18-15(21)11-2-1-3-14(11)20/h4-9,11,14,20H,1-3H2,(H,18,21). The molecule has 2 unspecified atom stereocenters. The van der Waals surface area contributed by atoms with Crippen LogP contribution in [0.25, 0.3) is 5.69 Å². The SMILES string of the molecule is O=C(Nc1ccc(-n2ccnc2)c(F)c1)C1CCCC1O. The summed E-state index contributed by atoms with van der Waals surface area (Å²) in [5.41, 5.74) is 0.756. The predicted molar refractivity (Wildman–Crippen MR) is 75.5 cm³/mol. The molecule has 0 radical (unpaired) electrons. The molecule has 3 rings (SSSR count). The van der Waals surface area contributed by atoms with Gasteiger partial charge in [-0.15, -0.1) is 0 Å². The van der Waals surface area contributed by atoms with Crippen LogP contribution >= 0.6 is 0 Å². The van der Waals surface area contributed by atoms with Gasteiger partial charge in [0.25, 0.3) is 0 Å². The molecule has 2 atom stereocenters. The Morgan fingerprint density at radius 2 is 2.29 bits per heavy atom. The third kappa shape index (κ3) is 2.80. The largest absolute Gasteiger partial charge is 0.392 e. The van der Waals surface area contributed by atoms with Crippen molar-refractivity contribution in [2.24, 2.45) is 5.92 Å². The number of nitrogens with one attached hydrogen (secondary N) is 1. The summed E-state index contributed by atoms with van der Waals surface area (Å²) in [6.07, 6.45) is 6.27. The Morgan fingerprint density at radius 3 is 2.90 bits per heavy atom. The van der Waals surface area contributed by atoms with Crippen molar-refractivity contribution in [2.45, 2.75) is 25.4 Å². The maximum atomic E-state index is 14.1. The van der Waals surface area contributed by atoms with E-state index in [4.69, 9.17) is 0 Å². The van der Waals surface area contributed by atoms with Crippen molar-refractivity contribution in [3.8, 4) is 5.69 Å². The maximum Gasteiger partial charge on any atom is 0.230 e. The second kappa shape index (κ2) is 5.65. The highest BCUT2D eigenvalue weighted by Gasteiger charge is 2.31. The lowest BCUT2D eigenvalue weighted by molar-refractivity contribution is -0.122. The number of hydrogen-bond acceptors (Lipinski definition) is 3. The van der Waals surface area contributed by atoms with Crippen LogP contribution in [-0.4, -0.2) is 26.7 Å². The number of rotatable bonds is 3. The van der Waals surface area contributed by atoms with Gasteiger partial charge in [-0.2, -0.15) is 0 Å². The number of imidazole rings is 1. The highest BCUT2D eigenvalue weighted by molar-refractivity contribution is 5.93. The fourth-order valence-corrected chi connectivity index (χ4v) is 2.68. The van der Waals surface area contributed by atoms with E-state index in [9.17, 15) is 14.3 Å². The smallest absolute Gasteiger partial charge is 0.230 e. The number of carbonyl (C=O) groups excluding carboxylic acids is 1. The summed E-state index contributed by atoms with van der Waals surface area (Å²) in [5, 5.41) is 12.4. The van der Waals surface area contributed by atoms with E-state index in [0.29, 0.717) is 24.2 Å². The van der Waals surface area contributed by atoms with E-state index < -0.39 is 17.8 Å². The van der Waals surface area contributed by atoms with E-state index >= 15 is 0 Å². The van der Waals surface area contributed by atoms with Gasteiger partial charge in [-0.25, -0.2) is 9.37 Å². The van der Waals surface area contributed by atoms with Gasteiger partial charge in [0, 0.05) is 18.1 Å². The minimum absolute atomic E-state index is 0.255. The van der Waals surface area contributed by atoms with E-state index in [1.807, 2.05) is 0 Å². The minimum Gasteiger partial charge on any atom is -0.392 e. The Bertz CT molecular complexity index is 642. The number of nitrogens with zero attached hydrogens (tertiary/aromatic N) is 2. The Balaban J connectivity index is 1.75. The zero-order valence-corrected chi connectivity index (χ0v) is 11.4. The molecule has 5 nitrogen and oxygen atoms in total. The summed E-state index contributed by atoms with van der Waals surface area (Å²) in [5.74, 6) is -1.10. The molecule has 1 amide bonds. The lowest BCUT2D eigenvalue weighted by Crippen LogP contribution is -2.28. The molecule has 2 aromatic rings. The van der Waals surface area contributed by atoms with Crippen molar-refractivity contribution in [3.63, 3.8) is 0 Å². The van der Waals surface area contributed by atoms with E-state index in [1.165, 1.54) is 12.4 Å². The minimum atomic E-state index is -0.597. The number of benzene rings is 1. The van der Waals surface area contributed by atoms with Crippen LogP contribution in [0.2, 0.25) is 0 Å². The number of carbonyl (C=O) groups is 1. The van der Waals surface area contributed by atoms with Gasteiger partial charge in [-0.1, -0.05) is 0 Å². The van der Waals surface area contributed by atoms with E-state index in [1.54, 1.807) is 29.1 Å². The molecule has 2 N–H and O–H groups in total. The van der Waals surface area contributed by atoms with Crippen LogP contribution in [0.3, 0.4) is 0 Å². The Kier molecular flexibility index (Phi) is 3.70. The van der Waals surface area contributed by atoms with Gasteiger partial charge in [-0.05, 0) is 37.5 Å². The molecule has 1 aromatic carbocycles. The summed E-state index contributed by atoms with van der Waals surface area (Å²) < 4.78 is 15.6. The highest BCUT2D eigenvalue weighted by Crippen LogP contribution is 2.27. The fraction of sp³-hybridized carbons (Fsp3) is 0.333. The van der Waals surface area contributed by atoms with Gasteiger partial charge in [-0.3, -0.25) is 4.79 Å². The first-order chi connectivity index (χ1) is 10.1. The number of aliphatic hydroxyl groups is 1. The van der Waals surface area contributed by atoms with E-state index in [0.717, 1.165) is 6.42 Å². The maximum absolute atomic E-state index is 14.1. The molecule has 1 fully saturated rings. The Morgan fingerprint density at radius 1 is 1.43 bits per heavy atom. The zero-order chi connectivity index (χ0) is 14.8. The molecule has 1 aliphatic rings. The fourth-order valence-electron chi connectivity index (χ4n) is 2.68. The molecule has 6 heteroatoms. The van der Waals surface area contributed by atoms with Crippen molar-refractivity contribution in [1.29, 1.82) is 0 Å². The average molecular weight is 289 g/mol. The number of anilines is 1. The molecule has 0 aliphatic heterocycles. The molecule has 110 valence electrons. The monoisotopic (exact) mass is 289 g/mol. The van der Waals surface area contributed by atoms with Crippen LogP contribution < -0.4 is 5.32 Å². The predicted octanol–water partition coefficient (Wildman–Crippen LogP) is 2.11. The Labute approximate surface area is 121 Å². The summed E-state index contributed by atoms with van der Waals surface area (Å²) >= 11 is 0. The number of amides is 1. The third-order valence-electron chi connectivity index (χ3n) is 3.81. The van der Waals surface area contributed by atoms with Crippen LogP contribution in [0.4, 0.5) is 10.1 Å². The van der Waals surface area contributed by atoms with E-state index in [-0.39, 0.29) is 5.91 Å². The summed E-state index contributed by atoms with van der Waals surface area (Å²) in [7, 11) is 0. The molecule has 21 heavy (non-hydrogen) atoms. The molecule has 0 saturated heterocycles. The average Bonchev–Trinajstić information content (AvgIpc) is 3.10. The molecule has 1 saturated carbocycles. The molecule has 0 bridgehead atoms. The first kappa shape index (κ1) is 13.8. The Hall–Kier alpha value is -2.21. The number of aromatic nitrogens is 2. The van der Waals surface area contributed by atoms with Crippen LogP contribution in [0.15, 0.2) is 36.9 Å². The topological polar surface area (TPSA) is 67.2 Å². The van der Waals surface area contributed by atoms with Gasteiger partial charge in [0.1, 0.15) is 5.82 Å². The van der Waals surface area contributed by atoms with Gasteiger partial charge >= 0.3 is 0 Å². The van der Waals surface area contributed by atoms with Gasteiger partial charge in [0.15, 0.2) is 0 Å². The first-order valence-electron chi connectivity index (χ1n) is 6.92.